The maximum atomic E-state index is 5.60. The predicted molar refractivity (Wildman–Crippen MR) is 73.4 cm³/mol. The maximum absolute atomic E-state index is 5.60. The highest BCUT2D eigenvalue weighted by Crippen LogP contribution is 2.25. The van der Waals surface area contributed by atoms with E-state index in [1.165, 1.54) is 16.7 Å². The van der Waals surface area contributed by atoms with Gasteiger partial charge in [-0.3, -0.25) is 0 Å². The zero-order valence-corrected chi connectivity index (χ0v) is 11.6. The van der Waals surface area contributed by atoms with Crippen molar-refractivity contribution < 1.29 is 4.74 Å². The Hall–Kier alpha value is -1.42. The van der Waals surface area contributed by atoms with Crippen molar-refractivity contribution in [3.63, 3.8) is 0 Å². The highest BCUT2D eigenvalue weighted by molar-refractivity contribution is 5.44. The summed E-state index contributed by atoms with van der Waals surface area (Å²) >= 11 is 0. The van der Waals surface area contributed by atoms with Crippen LogP contribution < -0.4 is 4.74 Å². The smallest absolute Gasteiger partial charge is 0.122 e. The number of hydrogen-bond donors (Lipinski definition) is 0. The largest absolute Gasteiger partial charge is 0.494 e. The monoisotopic (exact) mass is 230 g/mol. The second-order valence-electron chi connectivity index (χ2n) is 4.41. The van der Waals surface area contributed by atoms with Crippen LogP contribution in [0.3, 0.4) is 0 Å². The summed E-state index contributed by atoms with van der Waals surface area (Å²) < 4.78 is 5.60. The molecule has 92 valence electrons. The Bertz CT molecular complexity index is 435. The third kappa shape index (κ3) is 3.53. The van der Waals surface area contributed by atoms with Crippen molar-refractivity contribution >= 4 is 0 Å². The molecule has 0 saturated heterocycles. The van der Waals surface area contributed by atoms with E-state index in [0.717, 1.165) is 18.8 Å². The summed E-state index contributed by atoms with van der Waals surface area (Å²) in [6, 6.07) is 4.24. The summed E-state index contributed by atoms with van der Waals surface area (Å²) in [5, 5.41) is 0. The van der Waals surface area contributed by atoms with Crippen molar-refractivity contribution in [1.29, 1.82) is 0 Å². The van der Waals surface area contributed by atoms with Gasteiger partial charge in [-0.25, -0.2) is 0 Å². The summed E-state index contributed by atoms with van der Waals surface area (Å²) in [6.07, 6.45) is 1.01. The van der Waals surface area contributed by atoms with E-state index >= 15 is 0 Å². The Kier molecular flexibility index (Phi) is 5.10. The van der Waals surface area contributed by atoms with Crippen LogP contribution in [-0.4, -0.2) is 6.61 Å². The van der Waals surface area contributed by atoms with Crippen molar-refractivity contribution in [1.82, 2.24) is 0 Å². The average Bonchev–Trinajstić information content (AvgIpc) is 2.29. The van der Waals surface area contributed by atoms with E-state index < -0.39 is 0 Å². The van der Waals surface area contributed by atoms with Gasteiger partial charge in [0.2, 0.25) is 0 Å². The van der Waals surface area contributed by atoms with Crippen LogP contribution in [0, 0.1) is 31.6 Å². The molecule has 0 N–H and O–H groups in total. The molecule has 0 aliphatic heterocycles. The van der Waals surface area contributed by atoms with Gasteiger partial charge in [0.15, 0.2) is 0 Å². The van der Waals surface area contributed by atoms with Gasteiger partial charge in [0.05, 0.1) is 6.61 Å². The fourth-order valence-corrected chi connectivity index (χ4v) is 2.01. The van der Waals surface area contributed by atoms with Crippen molar-refractivity contribution in [3.05, 3.63) is 28.8 Å². The van der Waals surface area contributed by atoms with Gasteiger partial charge >= 0.3 is 0 Å². The quantitative estimate of drug-likeness (QED) is 0.713. The summed E-state index contributed by atoms with van der Waals surface area (Å²) in [7, 11) is 0. The first-order valence-corrected chi connectivity index (χ1v) is 6.24. The van der Waals surface area contributed by atoms with Gasteiger partial charge in [0, 0.05) is 5.92 Å². The van der Waals surface area contributed by atoms with Crippen LogP contribution in [0.25, 0.3) is 0 Å². The average molecular weight is 230 g/mol. The first-order valence-electron chi connectivity index (χ1n) is 6.24. The molecule has 1 aromatic carbocycles. The number of benzene rings is 1. The molecule has 0 aromatic heterocycles. The Morgan fingerprint density at radius 1 is 1.24 bits per heavy atom. The van der Waals surface area contributed by atoms with Crippen LogP contribution in [0.4, 0.5) is 0 Å². The number of ether oxygens (including phenoxy) is 1. The zero-order valence-electron chi connectivity index (χ0n) is 11.6. The number of hydrogen-bond acceptors (Lipinski definition) is 1. The third-order valence-electron chi connectivity index (χ3n) is 3.07. The van der Waals surface area contributed by atoms with Crippen molar-refractivity contribution in [2.24, 2.45) is 5.92 Å². The summed E-state index contributed by atoms with van der Waals surface area (Å²) in [4.78, 5) is 0. The first kappa shape index (κ1) is 13.6. The molecule has 1 aromatic rings. The SMILES string of the molecule is CC#CC(C)Cc1ccc(OCC)c(C)c1C. The van der Waals surface area contributed by atoms with E-state index in [2.05, 4.69) is 44.7 Å². The van der Waals surface area contributed by atoms with Crippen LogP contribution in [0.2, 0.25) is 0 Å². The highest BCUT2D eigenvalue weighted by atomic mass is 16.5. The minimum Gasteiger partial charge on any atom is -0.494 e. The van der Waals surface area contributed by atoms with Crippen molar-refractivity contribution in [2.45, 2.75) is 41.0 Å². The van der Waals surface area contributed by atoms with Gasteiger partial charge < -0.3 is 4.74 Å². The van der Waals surface area contributed by atoms with Crippen LogP contribution in [0.1, 0.15) is 37.5 Å². The van der Waals surface area contributed by atoms with Crippen LogP contribution in [-0.2, 0) is 6.42 Å². The maximum Gasteiger partial charge on any atom is 0.122 e. The molecule has 1 rings (SSSR count). The summed E-state index contributed by atoms with van der Waals surface area (Å²) in [5.41, 5.74) is 3.96. The van der Waals surface area contributed by atoms with Gasteiger partial charge in [-0.1, -0.05) is 13.0 Å². The van der Waals surface area contributed by atoms with E-state index in [4.69, 9.17) is 4.74 Å². The van der Waals surface area contributed by atoms with Crippen LogP contribution in [0.15, 0.2) is 12.1 Å². The molecule has 0 saturated carbocycles. The van der Waals surface area contributed by atoms with Gasteiger partial charge in [0.25, 0.3) is 0 Å². The van der Waals surface area contributed by atoms with Gasteiger partial charge in [-0.2, -0.15) is 0 Å². The van der Waals surface area contributed by atoms with Crippen molar-refractivity contribution in [3.8, 4) is 17.6 Å². The van der Waals surface area contributed by atoms with E-state index in [-0.39, 0.29) is 0 Å². The molecule has 0 fully saturated rings. The molecule has 0 bridgehead atoms. The lowest BCUT2D eigenvalue weighted by molar-refractivity contribution is 0.337. The fraction of sp³-hybridized carbons (Fsp3) is 0.500. The molecule has 17 heavy (non-hydrogen) atoms. The first-order chi connectivity index (χ1) is 8.10. The highest BCUT2D eigenvalue weighted by Gasteiger charge is 2.09. The van der Waals surface area contributed by atoms with Crippen LogP contribution >= 0.6 is 0 Å². The van der Waals surface area contributed by atoms with Crippen molar-refractivity contribution in [2.75, 3.05) is 6.61 Å². The topological polar surface area (TPSA) is 9.23 Å². The fourth-order valence-electron chi connectivity index (χ4n) is 2.01. The summed E-state index contributed by atoms with van der Waals surface area (Å²) in [6.45, 7) is 11.1. The molecule has 1 atom stereocenters. The lowest BCUT2D eigenvalue weighted by Crippen LogP contribution is -2.02. The van der Waals surface area contributed by atoms with E-state index in [1.807, 2.05) is 13.8 Å². The van der Waals surface area contributed by atoms with E-state index in [9.17, 15) is 0 Å². The van der Waals surface area contributed by atoms with Gasteiger partial charge in [-0.05, 0) is 56.9 Å². The molecular weight excluding hydrogens is 208 g/mol. The molecule has 0 heterocycles. The Balaban J connectivity index is 2.94. The predicted octanol–water partition coefficient (Wildman–Crippen LogP) is 3.90. The minimum atomic E-state index is 0.413. The Morgan fingerprint density at radius 2 is 1.94 bits per heavy atom. The van der Waals surface area contributed by atoms with Gasteiger partial charge in [0.1, 0.15) is 5.75 Å². The Labute approximate surface area is 105 Å². The third-order valence-corrected chi connectivity index (χ3v) is 3.07. The molecule has 1 unspecified atom stereocenters. The molecule has 0 spiro atoms. The van der Waals surface area contributed by atoms with Crippen LogP contribution in [0.5, 0.6) is 5.75 Å². The molecule has 0 amide bonds. The number of rotatable bonds is 4. The van der Waals surface area contributed by atoms with Gasteiger partial charge in [-0.15, -0.1) is 11.8 Å². The molecule has 0 aliphatic rings. The Morgan fingerprint density at radius 3 is 2.53 bits per heavy atom. The standard InChI is InChI=1S/C16H22O/c1-6-8-12(3)11-15-9-10-16(17-7-2)14(5)13(15)4/h9-10,12H,7,11H2,1-5H3. The van der Waals surface area contributed by atoms with E-state index in [0.29, 0.717) is 5.92 Å². The summed E-state index contributed by atoms with van der Waals surface area (Å²) in [5.74, 6) is 7.59. The zero-order chi connectivity index (χ0) is 12.8. The molecular formula is C16H22O. The molecule has 0 radical (unpaired) electrons. The lowest BCUT2D eigenvalue weighted by atomic mass is 9.94. The molecule has 1 nitrogen and oxygen atoms in total. The lowest BCUT2D eigenvalue weighted by Gasteiger charge is -2.14. The molecule has 1 heteroatoms. The van der Waals surface area contributed by atoms with E-state index in [1.54, 1.807) is 0 Å². The second-order valence-corrected chi connectivity index (χ2v) is 4.41. The second kappa shape index (κ2) is 6.35. The minimum absolute atomic E-state index is 0.413. The molecule has 0 aliphatic carbocycles. The normalized spacial score (nSPS) is 11.6.